The van der Waals surface area contributed by atoms with Crippen LogP contribution in [0.2, 0.25) is 5.02 Å². The summed E-state index contributed by atoms with van der Waals surface area (Å²) in [5, 5.41) is 11.4. The lowest BCUT2D eigenvalue weighted by Gasteiger charge is -2.18. The lowest BCUT2D eigenvalue weighted by molar-refractivity contribution is -0.115. The largest absolute Gasteiger partial charge is 0.411 e. The molecule has 1 atom stereocenters. The molecule has 3 rings (SSSR count). The van der Waals surface area contributed by atoms with Gasteiger partial charge in [-0.3, -0.25) is 4.79 Å². The lowest BCUT2D eigenvalue weighted by Crippen LogP contribution is -2.22. The number of nitrogens with one attached hydrogen (secondary N) is 1. The molecule has 0 saturated heterocycles. The lowest BCUT2D eigenvalue weighted by atomic mass is 9.87. The maximum Gasteiger partial charge on any atom is 0.277 e. The zero-order valence-corrected chi connectivity index (χ0v) is 17.8. The van der Waals surface area contributed by atoms with Gasteiger partial charge in [-0.1, -0.05) is 68.4 Å². The number of amides is 1. The van der Waals surface area contributed by atoms with E-state index in [2.05, 4.69) is 48.4 Å². The van der Waals surface area contributed by atoms with Crippen LogP contribution in [-0.2, 0) is 10.2 Å². The normalized spacial score (nSPS) is 12.6. The zero-order chi connectivity index (χ0) is 20.3. The Hall–Kier alpha value is -2.31. The number of nitrogens with zero attached hydrogens (tertiary/aromatic N) is 2. The van der Waals surface area contributed by atoms with E-state index in [1.807, 2.05) is 24.3 Å². The summed E-state index contributed by atoms with van der Waals surface area (Å²) in [7, 11) is 0. The Balaban J connectivity index is 1.65. The number of para-hydroxylation sites is 1. The van der Waals surface area contributed by atoms with Crippen LogP contribution < -0.4 is 5.32 Å². The number of hydrogen-bond acceptors (Lipinski definition) is 5. The molecule has 0 spiro atoms. The topological polar surface area (TPSA) is 68.0 Å². The number of halogens is 1. The maximum absolute atomic E-state index is 12.4. The van der Waals surface area contributed by atoms with E-state index in [-0.39, 0.29) is 11.3 Å². The number of carbonyl (C=O) groups is 1. The second kappa shape index (κ2) is 8.37. The molecule has 1 unspecified atom stereocenters. The Morgan fingerprint density at radius 2 is 1.79 bits per heavy atom. The third-order valence-electron chi connectivity index (χ3n) is 4.18. The summed E-state index contributed by atoms with van der Waals surface area (Å²) in [6.45, 7) is 8.27. The van der Waals surface area contributed by atoms with E-state index in [0.29, 0.717) is 21.8 Å². The van der Waals surface area contributed by atoms with E-state index in [1.165, 1.54) is 17.3 Å². The molecule has 0 bridgehead atoms. The molecule has 1 N–H and O–H groups in total. The fourth-order valence-electron chi connectivity index (χ4n) is 2.49. The Labute approximate surface area is 173 Å². The van der Waals surface area contributed by atoms with E-state index >= 15 is 0 Å². The van der Waals surface area contributed by atoms with Crippen molar-refractivity contribution in [1.29, 1.82) is 0 Å². The minimum atomic E-state index is -0.423. The van der Waals surface area contributed by atoms with Gasteiger partial charge in [0.2, 0.25) is 11.8 Å². The Morgan fingerprint density at radius 1 is 1.11 bits per heavy atom. The fourth-order valence-corrected chi connectivity index (χ4v) is 3.35. The highest BCUT2D eigenvalue weighted by molar-refractivity contribution is 8.00. The molecule has 0 fully saturated rings. The maximum atomic E-state index is 12.4. The van der Waals surface area contributed by atoms with Crippen LogP contribution in [0, 0.1) is 0 Å². The average Bonchev–Trinajstić information content (AvgIpc) is 3.11. The average molecular weight is 416 g/mol. The summed E-state index contributed by atoms with van der Waals surface area (Å²) in [5.74, 6) is 0.244. The highest BCUT2D eigenvalue weighted by Gasteiger charge is 2.20. The van der Waals surface area contributed by atoms with E-state index in [4.69, 9.17) is 16.0 Å². The van der Waals surface area contributed by atoms with Crippen molar-refractivity contribution >= 4 is 35.0 Å². The third-order valence-corrected chi connectivity index (χ3v) is 5.45. The SMILES string of the molecule is CC(Sc1nnc(-c2ccc(C(C)(C)C)cc2)o1)C(=O)Nc1ccccc1Cl. The van der Waals surface area contributed by atoms with Crippen molar-refractivity contribution < 1.29 is 9.21 Å². The second-order valence-corrected chi connectivity index (χ2v) is 9.13. The first kappa shape index (κ1) is 20.4. The predicted octanol–water partition coefficient (Wildman–Crippen LogP) is 5.81. The number of carbonyl (C=O) groups excluding carboxylic acids is 1. The summed E-state index contributed by atoms with van der Waals surface area (Å²) in [5.41, 5.74) is 2.74. The first-order valence-corrected chi connectivity index (χ1v) is 10.2. The molecule has 28 heavy (non-hydrogen) atoms. The van der Waals surface area contributed by atoms with Crippen molar-refractivity contribution in [2.75, 3.05) is 5.32 Å². The Bertz CT molecular complexity index is 964. The van der Waals surface area contributed by atoms with Crippen LogP contribution in [0.1, 0.15) is 33.3 Å². The number of anilines is 1. The van der Waals surface area contributed by atoms with Gasteiger partial charge in [0.05, 0.1) is 16.0 Å². The van der Waals surface area contributed by atoms with Crippen LogP contribution in [0.3, 0.4) is 0 Å². The van der Waals surface area contributed by atoms with Crippen LogP contribution in [0.5, 0.6) is 0 Å². The van der Waals surface area contributed by atoms with Gasteiger partial charge in [-0.05, 0) is 42.2 Å². The smallest absolute Gasteiger partial charge is 0.277 e. The molecule has 2 aromatic carbocycles. The molecule has 3 aromatic rings. The Kier molecular flexibility index (Phi) is 6.10. The molecule has 0 aliphatic carbocycles. The van der Waals surface area contributed by atoms with Gasteiger partial charge < -0.3 is 9.73 Å². The summed E-state index contributed by atoms with van der Waals surface area (Å²) >= 11 is 7.29. The van der Waals surface area contributed by atoms with Crippen molar-refractivity contribution in [3.63, 3.8) is 0 Å². The number of aromatic nitrogens is 2. The quantitative estimate of drug-likeness (QED) is 0.533. The monoisotopic (exact) mass is 415 g/mol. The van der Waals surface area contributed by atoms with Gasteiger partial charge in [0.1, 0.15) is 0 Å². The number of hydrogen-bond donors (Lipinski definition) is 1. The van der Waals surface area contributed by atoms with Crippen molar-refractivity contribution in [2.24, 2.45) is 0 Å². The minimum absolute atomic E-state index is 0.0822. The summed E-state index contributed by atoms with van der Waals surface area (Å²) < 4.78 is 5.72. The van der Waals surface area contributed by atoms with Crippen molar-refractivity contribution in [3.8, 4) is 11.5 Å². The first-order valence-electron chi connectivity index (χ1n) is 8.90. The highest BCUT2D eigenvalue weighted by Crippen LogP contribution is 2.29. The van der Waals surface area contributed by atoms with E-state index in [1.54, 1.807) is 19.1 Å². The molecule has 0 aliphatic rings. The minimum Gasteiger partial charge on any atom is -0.411 e. The van der Waals surface area contributed by atoms with E-state index in [9.17, 15) is 4.79 Å². The summed E-state index contributed by atoms with van der Waals surface area (Å²) in [6.07, 6.45) is 0. The molecule has 5 nitrogen and oxygen atoms in total. The Morgan fingerprint density at radius 3 is 2.43 bits per heavy atom. The van der Waals surface area contributed by atoms with Gasteiger partial charge in [0.25, 0.3) is 5.22 Å². The van der Waals surface area contributed by atoms with Crippen LogP contribution in [0.25, 0.3) is 11.5 Å². The fraction of sp³-hybridized carbons (Fsp3) is 0.286. The van der Waals surface area contributed by atoms with Crippen molar-refractivity contribution in [1.82, 2.24) is 10.2 Å². The molecular formula is C21H22ClN3O2S. The van der Waals surface area contributed by atoms with Crippen LogP contribution in [-0.4, -0.2) is 21.4 Å². The van der Waals surface area contributed by atoms with Gasteiger partial charge in [0, 0.05) is 5.56 Å². The molecule has 146 valence electrons. The van der Waals surface area contributed by atoms with Gasteiger partial charge in [0.15, 0.2) is 0 Å². The molecule has 0 radical (unpaired) electrons. The molecule has 1 aromatic heterocycles. The zero-order valence-electron chi connectivity index (χ0n) is 16.2. The van der Waals surface area contributed by atoms with Crippen LogP contribution in [0.15, 0.2) is 58.2 Å². The third kappa shape index (κ3) is 4.94. The van der Waals surface area contributed by atoms with Gasteiger partial charge in [-0.25, -0.2) is 0 Å². The molecule has 1 heterocycles. The van der Waals surface area contributed by atoms with E-state index in [0.717, 1.165) is 5.56 Å². The van der Waals surface area contributed by atoms with E-state index < -0.39 is 5.25 Å². The predicted molar refractivity (Wildman–Crippen MR) is 114 cm³/mol. The van der Waals surface area contributed by atoms with Crippen LogP contribution >= 0.6 is 23.4 Å². The second-order valence-electron chi connectivity index (χ2n) is 7.43. The molecule has 7 heteroatoms. The summed E-state index contributed by atoms with van der Waals surface area (Å²) in [4.78, 5) is 12.4. The summed E-state index contributed by atoms with van der Waals surface area (Å²) in [6, 6.07) is 15.2. The molecule has 1 amide bonds. The molecular weight excluding hydrogens is 394 g/mol. The van der Waals surface area contributed by atoms with Crippen molar-refractivity contribution in [3.05, 3.63) is 59.1 Å². The van der Waals surface area contributed by atoms with Crippen molar-refractivity contribution in [2.45, 2.75) is 43.6 Å². The number of benzene rings is 2. The number of rotatable bonds is 5. The van der Waals surface area contributed by atoms with Crippen LogP contribution in [0.4, 0.5) is 5.69 Å². The molecule has 0 saturated carbocycles. The number of thioether (sulfide) groups is 1. The van der Waals surface area contributed by atoms with Gasteiger partial charge >= 0.3 is 0 Å². The standard InChI is InChI=1S/C21H22ClN3O2S/c1-13(18(26)23-17-8-6-5-7-16(17)22)28-20-25-24-19(27-20)14-9-11-15(12-10-14)21(2,3)4/h5-13H,1-4H3,(H,23,26). The van der Waals surface area contributed by atoms with Gasteiger partial charge in [-0.2, -0.15) is 0 Å². The highest BCUT2D eigenvalue weighted by atomic mass is 35.5. The molecule has 0 aliphatic heterocycles. The first-order chi connectivity index (χ1) is 13.2. The van der Waals surface area contributed by atoms with Gasteiger partial charge in [-0.15, -0.1) is 10.2 Å².